The lowest BCUT2D eigenvalue weighted by atomic mass is 9.94. The molecule has 21 heavy (non-hydrogen) atoms. The largest absolute Gasteiger partial charge is 0.478 e. The highest BCUT2D eigenvalue weighted by Gasteiger charge is 2.24. The Morgan fingerprint density at radius 3 is 2.86 bits per heavy atom. The lowest BCUT2D eigenvalue weighted by Crippen LogP contribution is -2.46. The van der Waals surface area contributed by atoms with Crippen LogP contribution in [0.3, 0.4) is 0 Å². The number of carboxylic acid groups (broad SMARTS) is 1. The normalized spacial score (nSPS) is 15.2. The van der Waals surface area contributed by atoms with E-state index in [9.17, 15) is 14.7 Å². The molecule has 5 nitrogen and oxygen atoms in total. The summed E-state index contributed by atoms with van der Waals surface area (Å²) in [6.07, 6.45) is 2.58. The molecule has 1 aliphatic rings. The first-order valence-electron chi connectivity index (χ1n) is 7.42. The maximum atomic E-state index is 12.2. The van der Waals surface area contributed by atoms with Crippen LogP contribution in [-0.2, 0) is 13.0 Å². The number of benzene rings is 1. The number of hydrogen-bond donors (Lipinski definition) is 2. The van der Waals surface area contributed by atoms with Gasteiger partial charge < -0.3 is 15.3 Å². The zero-order valence-electron chi connectivity index (χ0n) is 12.6. The van der Waals surface area contributed by atoms with Crippen molar-refractivity contribution in [2.45, 2.75) is 45.7 Å². The first kappa shape index (κ1) is 15.4. The molecular formula is C16H22N2O3. The number of nitrogens with zero attached hydrogens (tertiary/aromatic N) is 1. The Labute approximate surface area is 125 Å². The van der Waals surface area contributed by atoms with Gasteiger partial charge in [0.1, 0.15) is 0 Å². The van der Waals surface area contributed by atoms with Crippen LogP contribution >= 0.6 is 0 Å². The number of urea groups is 1. The van der Waals surface area contributed by atoms with Crippen LogP contribution in [0, 0.1) is 0 Å². The van der Waals surface area contributed by atoms with Crippen LogP contribution in [-0.4, -0.2) is 34.6 Å². The Morgan fingerprint density at radius 2 is 2.19 bits per heavy atom. The average Bonchev–Trinajstić information content (AvgIpc) is 2.46. The van der Waals surface area contributed by atoms with E-state index in [0.29, 0.717) is 25.1 Å². The second kappa shape index (κ2) is 6.61. The zero-order chi connectivity index (χ0) is 15.4. The van der Waals surface area contributed by atoms with E-state index in [0.717, 1.165) is 24.0 Å². The van der Waals surface area contributed by atoms with Gasteiger partial charge in [-0.1, -0.05) is 25.5 Å². The van der Waals surface area contributed by atoms with Crippen molar-refractivity contribution in [3.05, 3.63) is 34.9 Å². The Hall–Kier alpha value is -2.04. The molecule has 1 heterocycles. The Morgan fingerprint density at radius 1 is 1.43 bits per heavy atom. The third-order valence-electron chi connectivity index (χ3n) is 3.88. The molecule has 0 saturated heterocycles. The van der Waals surface area contributed by atoms with Crippen molar-refractivity contribution in [2.75, 3.05) is 6.54 Å². The van der Waals surface area contributed by atoms with Crippen LogP contribution in [0.4, 0.5) is 4.79 Å². The highest BCUT2D eigenvalue weighted by atomic mass is 16.4. The van der Waals surface area contributed by atoms with Crippen LogP contribution in [0.1, 0.15) is 48.2 Å². The summed E-state index contributed by atoms with van der Waals surface area (Å²) in [5, 5.41) is 12.2. The van der Waals surface area contributed by atoms with Crippen molar-refractivity contribution < 1.29 is 14.7 Å². The lowest BCUT2D eigenvalue weighted by molar-refractivity contribution is 0.0695. The lowest BCUT2D eigenvalue weighted by Gasteiger charge is -2.30. The van der Waals surface area contributed by atoms with Gasteiger partial charge in [-0.15, -0.1) is 0 Å². The highest BCUT2D eigenvalue weighted by Crippen LogP contribution is 2.22. The molecule has 0 saturated carbocycles. The number of fused-ring (bicyclic) bond motifs is 1. The second-order valence-electron chi connectivity index (χ2n) is 5.56. The molecule has 2 N–H and O–H groups in total. The summed E-state index contributed by atoms with van der Waals surface area (Å²) < 4.78 is 0. The first-order valence-corrected chi connectivity index (χ1v) is 7.42. The number of carbonyl (C=O) groups is 2. The minimum absolute atomic E-state index is 0.0673. The van der Waals surface area contributed by atoms with E-state index in [2.05, 4.69) is 12.2 Å². The van der Waals surface area contributed by atoms with Gasteiger partial charge in [-0.2, -0.15) is 0 Å². The average molecular weight is 290 g/mol. The molecule has 0 bridgehead atoms. The van der Waals surface area contributed by atoms with Crippen LogP contribution in [0.15, 0.2) is 18.2 Å². The maximum absolute atomic E-state index is 12.2. The predicted octanol–water partition coefficient (Wildman–Crippen LogP) is 2.64. The van der Waals surface area contributed by atoms with Gasteiger partial charge in [0.25, 0.3) is 0 Å². The smallest absolute Gasteiger partial charge is 0.335 e. The number of aromatic carboxylic acids is 1. The molecule has 2 amide bonds. The van der Waals surface area contributed by atoms with Crippen molar-refractivity contribution in [1.82, 2.24) is 10.2 Å². The number of hydrogen-bond acceptors (Lipinski definition) is 2. The van der Waals surface area contributed by atoms with E-state index in [1.807, 2.05) is 13.0 Å². The Balaban J connectivity index is 2.08. The third kappa shape index (κ3) is 3.54. The van der Waals surface area contributed by atoms with E-state index >= 15 is 0 Å². The van der Waals surface area contributed by atoms with Crippen molar-refractivity contribution in [3.8, 4) is 0 Å². The summed E-state index contributed by atoms with van der Waals surface area (Å²) in [4.78, 5) is 25.2. The predicted molar refractivity (Wildman–Crippen MR) is 80.4 cm³/mol. The summed E-state index contributed by atoms with van der Waals surface area (Å²) in [6, 6.07) is 5.36. The monoisotopic (exact) mass is 290 g/mol. The first-order chi connectivity index (χ1) is 10.0. The van der Waals surface area contributed by atoms with Crippen molar-refractivity contribution >= 4 is 12.0 Å². The summed E-state index contributed by atoms with van der Waals surface area (Å²) in [5.74, 6) is -0.902. The molecule has 5 heteroatoms. The van der Waals surface area contributed by atoms with E-state index in [4.69, 9.17) is 0 Å². The van der Waals surface area contributed by atoms with Crippen LogP contribution < -0.4 is 5.32 Å². The van der Waals surface area contributed by atoms with E-state index in [1.165, 1.54) is 0 Å². The molecule has 0 aromatic heterocycles. The van der Waals surface area contributed by atoms with Gasteiger partial charge in [0.05, 0.1) is 5.56 Å². The van der Waals surface area contributed by atoms with E-state index in [1.54, 1.807) is 17.0 Å². The molecule has 0 spiro atoms. The Kier molecular flexibility index (Phi) is 4.83. The molecule has 0 fully saturated rings. The number of carbonyl (C=O) groups excluding carboxylic acids is 1. The molecule has 1 unspecified atom stereocenters. The fourth-order valence-corrected chi connectivity index (χ4v) is 2.79. The second-order valence-corrected chi connectivity index (χ2v) is 5.56. The minimum atomic E-state index is -0.902. The molecule has 1 aromatic rings. The molecule has 1 aliphatic heterocycles. The third-order valence-corrected chi connectivity index (χ3v) is 3.88. The van der Waals surface area contributed by atoms with Crippen LogP contribution in [0.25, 0.3) is 0 Å². The van der Waals surface area contributed by atoms with Crippen LogP contribution in [0.5, 0.6) is 0 Å². The van der Waals surface area contributed by atoms with E-state index in [-0.39, 0.29) is 12.1 Å². The number of amides is 2. The molecular weight excluding hydrogens is 268 g/mol. The van der Waals surface area contributed by atoms with Gasteiger partial charge in [-0.3, -0.25) is 0 Å². The van der Waals surface area contributed by atoms with Gasteiger partial charge in [-0.25, -0.2) is 9.59 Å². The molecule has 1 aromatic carbocycles. The summed E-state index contributed by atoms with van der Waals surface area (Å²) >= 11 is 0. The number of rotatable bonds is 4. The van der Waals surface area contributed by atoms with Gasteiger partial charge in [0.2, 0.25) is 0 Å². The summed E-state index contributed by atoms with van der Waals surface area (Å²) in [5.41, 5.74) is 2.14. The van der Waals surface area contributed by atoms with Gasteiger partial charge in [-0.05, 0) is 37.0 Å². The van der Waals surface area contributed by atoms with Crippen molar-refractivity contribution in [1.29, 1.82) is 0 Å². The van der Waals surface area contributed by atoms with Crippen molar-refractivity contribution in [3.63, 3.8) is 0 Å². The summed E-state index contributed by atoms with van der Waals surface area (Å²) in [6.45, 7) is 5.12. The zero-order valence-corrected chi connectivity index (χ0v) is 12.6. The fourth-order valence-electron chi connectivity index (χ4n) is 2.79. The van der Waals surface area contributed by atoms with Crippen molar-refractivity contribution in [2.24, 2.45) is 0 Å². The minimum Gasteiger partial charge on any atom is -0.478 e. The fraction of sp³-hybridized carbons (Fsp3) is 0.500. The van der Waals surface area contributed by atoms with Gasteiger partial charge in [0.15, 0.2) is 0 Å². The molecule has 114 valence electrons. The Bertz CT molecular complexity index is 542. The number of nitrogens with one attached hydrogen (secondary N) is 1. The number of carboxylic acids is 1. The molecule has 0 aliphatic carbocycles. The standard InChI is InChI=1S/C16H22N2O3/c1-3-5-11(2)17-16(21)18-9-8-13-12(10-18)6-4-7-14(13)15(19)20/h4,6-7,11H,3,5,8-10H2,1-2H3,(H,17,21)(H,19,20). The topological polar surface area (TPSA) is 69.6 Å². The summed E-state index contributed by atoms with van der Waals surface area (Å²) in [7, 11) is 0. The maximum Gasteiger partial charge on any atom is 0.335 e. The quantitative estimate of drug-likeness (QED) is 0.895. The molecule has 0 radical (unpaired) electrons. The SMILES string of the molecule is CCCC(C)NC(=O)N1CCc2c(cccc2C(=O)O)C1. The van der Waals surface area contributed by atoms with Gasteiger partial charge in [0, 0.05) is 19.1 Å². The highest BCUT2D eigenvalue weighted by molar-refractivity contribution is 5.90. The van der Waals surface area contributed by atoms with Gasteiger partial charge >= 0.3 is 12.0 Å². The van der Waals surface area contributed by atoms with Crippen LogP contribution in [0.2, 0.25) is 0 Å². The molecule has 2 rings (SSSR count). The molecule has 1 atom stereocenters. The van der Waals surface area contributed by atoms with E-state index < -0.39 is 5.97 Å².